The van der Waals surface area contributed by atoms with E-state index in [9.17, 15) is 4.79 Å². The largest absolute Gasteiger partial charge is 0.325 e. The minimum Gasteiger partial charge on any atom is -0.325 e. The Morgan fingerprint density at radius 1 is 1.80 bits per heavy atom. The fourth-order valence-electron chi connectivity index (χ4n) is 0.520. The fourth-order valence-corrected chi connectivity index (χ4v) is 0.520. The first kappa shape index (κ1) is 8.92. The molecule has 0 heterocycles. The van der Waals surface area contributed by atoms with Crippen LogP contribution in [-0.2, 0) is 4.79 Å². The number of hydrogen-bond acceptors (Lipinski definition) is 3. The van der Waals surface area contributed by atoms with Crippen LogP contribution >= 0.6 is 0 Å². The summed E-state index contributed by atoms with van der Waals surface area (Å²) < 4.78 is 0. The van der Waals surface area contributed by atoms with E-state index in [1.54, 1.807) is 13.8 Å². The summed E-state index contributed by atoms with van der Waals surface area (Å²) >= 11 is 0. The molecule has 0 atom stereocenters. The summed E-state index contributed by atoms with van der Waals surface area (Å²) in [6, 6.07) is 0. The van der Waals surface area contributed by atoms with Gasteiger partial charge in [-0.15, -0.1) is 0 Å². The second-order valence-corrected chi connectivity index (χ2v) is 2.83. The smallest absolute Gasteiger partial charge is 0.234 e. The number of nitriles is 1. The Hall–Kier alpha value is -1.08. The minimum absolute atomic E-state index is 0.167. The van der Waals surface area contributed by atoms with Crippen molar-refractivity contribution in [2.24, 2.45) is 5.73 Å². The van der Waals surface area contributed by atoms with Gasteiger partial charge in [-0.1, -0.05) is 0 Å². The highest BCUT2D eigenvalue weighted by Gasteiger charge is 2.15. The number of nitrogens with zero attached hydrogens (tertiary/aromatic N) is 1. The van der Waals surface area contributed by atoms with Crippen LogP contribution < -0.4 is 11.1 Å². The molecule has 3 N–H and O–H groups in total. The summed E-state index contributed by atoms with van der Waals surface area (Å²) in [5.74, 6) is -0.338. The standard InChI is InChI=1S/C6H11N3O/c1-6(2,8)3-5(10)9-4-7/h3,8H2,1-2H3,(H,9,10). The predicted molar refractivity (Wildman–Crippen MR) is 36.6 cm³/mol. The summed E-state index contributed by atoms with van der Waals surface area (Å²) in [5.41, 5.74) is 4.96. The van der Waals surface area contributed by atoms with Crippen molar-refractivity contribution in [2.75, 3.05) is 0 Å². The van der Waals surface area contributed by atoms with E-state index in [1.807, 2.05) is 5.32 Å². The molecule has 0 radical (unpaired) electrons. The average Bonchev–Trinajstić information content (AvgIpc) is 1.59. The van der Waals surface area contributed by atoms with Crippen LogP contribution in [0.2, 0.25) is 0 Å². The molecule has 0 rings (SSSR count). The van der Waals surface area contributed by atoms with Gasteiger partial charge >= 0.3 is 0 Å². The highest BCUT2D eigenvalue weighted by molar-refractivity contribution is 5.78. The lowest BCUT2D eigenvalue weighted by Gasteiger charge is -2.15. The molecule has 0 bridgehead atoms. The van der Waals surface area contributed by atoms with E-state index in [1.165, 1.54) is 6.19 Å². The first-order valence-electron chi connectivity index (χ1n) is 2.92. The van der Waals surface area contributed by atoms with E-state index < -0.39 is 5.54 Å². The number of carbonyl (C=O) groups is 1. The Morgan fingerprint density at radius 3 is 2.60 bits per heavy atom. The lowest BCUT2D eigenvalue weighted by molar-refractivity contribution is -0.120. The molecule has 0 aromatic carbocycles. The average molecular weight is 141 g/mol. The molecule has 4 nitrogen and oxygen atoms in total. The van der Waals surface area contributed by atoms with Crippen LogP contribution in [0.3, 0.4) is 0 Å². The number of nitrogens with one attached hydrogen (secondary N) is 1. The lowest BCUT2D eigenvalue weighted by Crippen LogP contribution is -2.37. The summed E-state index contributed by atoms with van der Waals surface area (Å²) in [5, 5.41) is 10.00. The molecule has 0 saturated heterocycles. The molecule has 0 unspecified atom stereocenters. The van der Waals surface area contributed by atoms with Crippen molar-refractivity contribution < 1.29 is 4.79 Å². The van der Waals surface area contributed by atoms with Gasteiger partial charge in [0.1, 0.15) is 0 Å². The Morgan fingerprint density at radius 2 is 2.30 bits per heavy atom. The minimum atomic E-state index is -0.541. The molecule has 0 aromatic rings. The van der Waals surface area contributed by atoms with Crippen LogP contribution in [0.4, 0.5) is 0 Å². The van der Waals surface area contributed by atoms with Crippen molar-refractivity contribution >= 4 is 5.91 Å². The molecule has 4 heteroatoms. The van der Waals surface area contributed by atoms with Gasteiger partial charge in [0.2, 0.25) is 5.91 Å². The third kappa shape index (κ3) is 5.06. The number of rotatable bonds is 2. The van der Waals surface area contributed by atoms with E-state index in [-0.39, 0.29) is 12.3 Å². The van der Waals surface area contributed by atoms with Crippen molar-refractivity contribution in [1.29, 1.82) is 5.26 Å². The zero-order chi connectivity index (χ0) is 8.20. The summed E-state index contributed by atoms with van der Waals surface area (Å²) in [6.45, 7) is 3.45. The van der Waals surface area contributed by atoms with Gasteiger partial charge in [0.05, 0.1) is 0 Å². The van der Waals surface area contributed by atoms with Crippen molar-refractivity contribution in [3.8, 4) is 6.19 Å². The van der Waals surface area contributed by atoms with Gasteiger partial charge < -0.3 is 5.73 Å². The summed E-state index contributed by atoms with van der Waals surface area (Å²) in [7, 11) is 0. The number of carbonyl (C=O) groups excluding carboxylic acids is 1. The molecular formula is C6H11N3O. The third-order valence-corrected chi connectivity index (χ3v) is 0.811. The van der Waals surface area contributed by atoms with Gasteiger partial charge in [0.15, 0.2) is 6.19 Å². The van der Waals surface area contributed by atoms with Gasteiger partial charge in [-0.2, -0.15) is 5.26 Å². The lowest BCUT2D eigenvalue weighted by atomic mass is 10.0. The van der Waals surface area contributed by atoms with Crippen LogP contribution in [0, 0.1) is 11.5 Å². The van der Waals surface area contributed by atoms with Crippen LogP contribution in [0.25, 0.3) is 0 Å². The third-order valence-electron chi connectivity index (χ3n) is 0.811. The Bertz CT molecular complexity index is 163. The molecule has 0 aliphatic heterocycles. The summed E-state index contributed by atoms with van der Waals surface area (Å²) in [6.07, 6.45) is 1.70. The molecule has 0 aliphatic rings. The SMILES string of the molecule is CC(C)(N)CC(=O)NC#N. The predicted octanol–water partition coefficient (Wildman–Crippen LogP) is -0.289. The van der Waals surface area contributed by atoms with Gasteiger partial charge in [0, 0.05) is 12.0 Å². The zero-order valence-electron chi connectivity index (χ0n) is 6.14. The number of nitrogens with two attached hydrogens (primary N) is 1. The fraction of sp³-hybridized carbons (Fsp3) is 0.667. The van der Waals surface area contributed by atoms with Gasteiger partial charge in [-0.25, -0.2) is 0 Å². The maximum absolute atomic E-state index is 10.6. The maximum Gasteiger partial charge on any atom is 0.234 e. The van der Waals surface area contributed by atoms with E-state index in [0.29, 0.717) is 0 Å². The van der Waals surface area contributed by atoms with Crippen LogP contribution in [0.5, 0.6) is 0 Å². The van der Waals surface area contributed by atoms with Crippen molar-refractivity contribution in [1.82, 2.24) is 5.32 Å². The van der Waals surface area contributed by atoms with E-state index in [2.05, 4.69) is 0 Å². The topological polar surface area (TPSA) is 78.9 Å². The summed E-state index contributed by atoms with van der Waals surface area (Å²) in [4.78, 5) is 10.6. The van der Waals surface area contributed by atoms with Crippen molar-refractivity contribution in [3.63, 3.8) is 0 Å². The molecule has 0 aliphatic carbocycles. The molecule has 0 fully saturated rings. The first-order valence-corrected chi connectivity index (χ1v) is 2.92. The molecule has 10 heavy (non-hydrogen) atoms. The zero-order valence-corrected chi connectivity index (χ0v) is 6.14. The van der Waals surface area contributed by atoms with Crippen LogP contribution in [-0.4, -0.2) is 11.4 Å². The molecular weight excluding hydrogens is 130 g/mol. The number of hydrogen-bond donors (Lipinski definition) is 2. The van der Waals surface area contributed by atoms with Crippen molar-refractivity contribution in [2.45, 2.75) is 25.8 Å². The molecule has 56 valence electrons. The Kier molecular flexibility index (Phi) is 2.84. The van der Waals surface area contributed by atoms with Crippen LogP contribution in [0.1, 0.15) is 20.3 Å². The first-order chi connectivity index (χ1) is 4.45. The van der Waals surface area contributed by atoms with Gasteiger partial charge in [0.25, 0.3) is 0 Å². The monoisotopic (exact) mass is 141 g/mol. The molecule has 1 amide bonds. The Balaban J connectivity index is 3.72. The quantitative estimate of drug-likeness (QED) is 0.409. The highest BCUT2D eigenvalue weighted by Crippen LogP contribution is 2.01. The van der Waals surface area contributed by atoms with Crippen molar-refractivity contribution in [3.05, 3.63) is 0 Å². The Labute approximate surface area is 60.0 Å². The van der Waals surface area contributed by atoms with E-state index in [4.69, 9.17) is 11.0 Å². The van der Waals surface area contributed by atoms with E-state index >= 15 is 0 Å². The van der Waals surface area contributed by atoms with Crippen LogP contribution in [0.15, 0.2) is 0 Å². The molecule has 0 saturated carbocycles. The number of amides is 1. The molecule has 0 spiro atoms. The normalized spacial score (nSPS) is 10.2. The van der Waals surface area contributed by atoms with E-state index in [0.717, 1.165) is 0 Å². The van der Waals surface area contributed by atoms with Gasteiger partial charge in [-0.3, -0.25) is 10.1 Å². The second kappa shape index (κ2) is 3.18. The highest BCUT2D eigenvalue weighted by atomic mass is 16.1. The maximum atomic E-state index is 10.6. The molecule has 0 aromatic heterocycles. The van der Waals surface area contributed by atoms with Gasteiger partial charge in [-0.05, 0) is 13.8 Å². The second-order valence-electron chi connectivity index (χ2n) is 2.83.